The summed E-state index contributed by atoms with van der Waals surface area (Å²) in [6, 6.07) is 27.3. The first kappa shape index (κ1) is 19.2. The van der Waals surface area contributed by atoms with Crippen molar-refractivity contribution in [2.24, 2.45) is 0 Å². The molecule has 3 N–H and O–H groups in total. The summed E-state index contributed by atoms with van der Waals surface area (Å²) >= 11 is 5.61. The van der Waals surface area contributed by atoms with Crippen molar-refractivity contribution in [3.63, 3.8) is 0 Å². The van der Waals surface area contributed by atoms with E-state index in [1.54, 1.807) is 0 Å². The molecule has 0 saturated heterocycles. The van der Waals surface area contributed by atoms with Crippen molar-refractivity contribution in [2.75, 3.05) is 11.9 Å². The summed E-state index contributed by atoms with van der Waals surface area (Å²) in [5.41, 5.74) is 6.02. The highest BCUT2D eigenvalue weighted by Gasteiger charge is 2.18. The number of H-pyrrole nitrogens is 1. The largest absolute Gasteiger partial charge is 0.361 e. The summed E-state index contributed by atoms with van der Waals surface area (Å²) in [4.78, 5) is 3.40. The van der Waals surface area contributed by atoms with Crippen LogP contribution in [-0.4, -0.2) is 16.6 Å². The molecule has 1 aromatic heterocycles. The molecule has 0 fully saturated rings. The topological polar surface area (TPSA) is 39.8 Å². The van der Waals surface area contributed by atoms with Gasteiger partial charge in [-0.2, -0.15) is 0 Å². The molecule has 1 atom stereocenters. The Morgan fingerprint density at radius 2 is 1.66 bits per heavy atom. The molecule has 0 amide bonds. The maximum Gasteiger partial charge on any atom is 0.170 e. The molecule has 0 aliphatic carbocycles. The lowest BCUT2D eigenvalue weighted by Crippen LogP contribution is -2.32. The van der Waals surface area contributed by atoms with Gasteiger partial charge in [0, 0.05) is 35.2 Å². The van der Waals surface area contributed by atoms with Gasteiger partial charge in [-0.15, -0.1) is 0 Å². The highest BCUT2D eigenvalue weighted by molar-refractivity contribution is 7.80. The highest BCUT2D eigenvalue weighted by Crippen LogP contribution is 2.30. The second-order valence-corrected chi connectivity index (χ2v) is 7.51. The van der Waals surface area contributed by atoms with Gasteiger partial charge in [-0.25, -0.2) is 0 Å². The number of rotatable bonds is 6. The number of aromatic amines is 1. The van der Waals surface area contributed by atoms with E-state index in [-0.39, 0.29) is 5.92 Å². The molecular formula is C25H25N3S. The van der Waals surface area contributed by atoms with Crippen LogP contribution < -0.4 is 10.6 Å². The zero-order chi connectivity index (χ0) is 20.1. The Morgan fingerprint density at radius 1 is 0.931 bits per heavy atom. The number of nitrogens with one attached hydrogen (secondary N) is 3. The third kappa shape index (κ3) is 4.33. The maximum atomic E-state index is 5.61. The maximum absolute atomic E-state index is 5.61. The number of para-hydroxylation sites is 2. The van der Waals surface area contributed by atoms with Gasteiger partial charge in [-0.1, -0.05) is 73.7 Å². The second kappa shape index (κ2) is 8.93. The number of aryl methyl sites for hydroxylation is 1. The van der Waals surface area contributed by atoms with Crippen LogP contribution in [-0.2, 0) is 6.42 Å². The Balaban J connectivity index is 1.56. The van der Waals surface area contributed by atoms with E-state index in [0.29, 0.717) is 11.7 Å². The lowest BCUT2D eigenvalue weighted by molar-refractivity contribution is 0.766. The van der Waals surface area contributed by atoms with Crippen LogP contribution in [0.2, 0.25) is 0 Å². The Kier molecular flexibility index (Phi) is 5.92. The standard InChI is InChI=1S/C25H25N3S/c1-2-18-10-6-8-14-23(18)28-25(29)27-16-21(19-11-4-3-5-12-19)22-17-26-24-15-9-7-13-20(22)24/h3-15,17,21,26H,2,16H2,1H3,(H2,27,28,29)/t21-/m0/s1. The minimum atomic E-state index is 0.188. The lowest BCUT2D eigenvalue weighted by Gasteiger charge is -2.20. The van der Waals surface area contributed by atoms with Gasteiger partial charge in [-0.3, -0.25) is 0 Å². The summed E-state index contributed by atoms with van der Waals surface area (Å²) in [7, 11) is 0. The molecular weight excluding hydrogens is 374 g/mol. The van der Waals surface area contributed by atoms with E-state index in [0.717, 1.165) is 17.6 Å². The fourth-order valence-electron chi connectivity index (χ4n) is 3.79. The van der Waals surface area contributed by atoms with Crippen LogP contribution in [0.1, 0.15) is 29.5 Å². The van der Waals surface area contributed by atoms with Gasteiger partial charge < -0.3 is 15.6 Å². The fourth-order valence-corrected chi connectivity index (χ4v) is 3.98. The van der Waals surface area contributed by atoms with Gasteiger partial charge in [0.15, 0.2) is 5.11 Å². The summed E-state index contributed by atoms with van der Waals surface area (Å²) in [5.74, 6) is 0.188. The summed E-state index contributed by atoms with van der Waals surface area (Å²) in [5, 5.41) is 8.70. The summed E-state index contributed by atoms with van der Waals surface area (Å²) in [6.07, 6.45) is 3.08. The average Bonchev–Trinajstić information content (AvgIpc) is 3.19. The third-order valence-electron chi connectivity index (χ3n) is 5.31. The smallest absolute Gasteiger partial charge is 0.170 e. The fraction of sp³-hybridized carbons (Fsp3) is 0.160. The Bertz CT molecular complexity index is 1100. The quantitative estimate of drug-likeness (QED) is 0.356. The normalized spacial score (nSPS) is 11.9. The molecule has 3 nitrogen and oxygen atoms in total. The third-order valence-corrected chi connectivity index (χ3v) is 5.56. The van der Waals surface area contributed by atoms with Crippen LogP contribution in [0.15, 0.2) is 85.1 Å². The second-order valence-electron chi connectivity index (χ2n) is 7.10. The average molecular weight is 400 g/mol. The molecule has 0 bridgehead atoms. The van der Waals surface area contributed by atoms with Crippen LogP contribution in [0.3, 0.4) is 0 Å². The molecule has 4 rings (SSSR count). The van der Waals surface area contributed by atoms with E-state index >= 15 is 0 Å². The molecule has 0 saturated carbocycles. The van der Waals surface area contributed by atoms with Gasteiger partial charge >= 0.3 is 0 Å². The van der Waals surface area contributed by atoms with Crippen molar-refractivity contribution >= 4 is 33.9 Å². The van der Waals surface area contributed by atoms with Crippen LogP contribution in [0, 0.1) is 0 Å². The monoisotopic (exact) mass is 399 g/mol. The molecule has 29 heavy (non-hydrogen) atoms. The molecule has 0 aliphatic rings. The van der Waals surface area contributed by atoms with Gasteiger partial charge in [-0.05, 0) is 47.5 Å². The number of fused-ring (bicyclic) bond motifs is 1. The molecule has 4 aromatic rings. The van der Waals surface area contributed by atoms with Crippen molar-refractivity contribution in [3.05, 3.63) is 102 Å². The van der Waals surface area contributed by atoms with E-state index in [2.05, 4.69) is 102 Å². The molecule has 0 radical (unpaired) electrons. The number of hydrogen-bond acceptors (Lipinski definition) is 1. The summed E-state index contributed by atoms with van der Waals surface area (Å²) in [6.45, 7) is 2.87. The number of thiocarbonyl (C=S) groups is 1. The number of anilines is 1. The van der Waals surface area contributed by atoms with E-state index < -0.39 is 0 Å². The van der Waals surface area contributed by atoms with Gasteiger partial charge in [0.25, 0.3) is 0 Å². The van der Waals surface area contributed by atoms with Crippen molar-refractivity contribution < 1.29 is 0 Å². The van der Waals surface area contributed by atoms with Crippen molar-refractivity contribution in [3.8, 4) is 0 Å². The number of aromatic nitrogens is 1. The first-order valence-corrected chi connectivity index (χ1v) is 10.4. The van der Waals surface area contributed by atoms with Crippen molar-refractivity contribution in [2.45, 2.75) is 19.3 Å². The predicted octanol–water partition coefficient (Wildman–Crippen LogP) is 5.85. The van der Waals surface area contributed by atoms with E-state index in [4.69, 9.17) is 12.2 Å². The Morgan fingerprint density at radius 3 is 2.48 bits per heavy atom. The summed E-state index contributed by atoms with van der Waals surface area (Å²) < 4.78 is 0. The predicted molar refractivity (Wildman–Crippen MR) is 127 cm³/mol. The van der Waals surface area contributed by atoms with Crippen LogP contribution in [0.4, 0.5) is 5.69 Å². The Labute approximate surface area is 177 Å². The van der Waals surface area contributed by atoms with Gasteiger partial charge in [0.05, 0.1) is 0 Å². The minimum Gasteiger partial charge on any atom is -0.361 e. The lowest BCUT2D eigenvalue weighted by atomic mass is 9.91. The van der Waals surface area contributed by atoms with E-state index in [9.17, 15) is 0 Å². The minimum absolute atomic E-state index is 0.188. The molecule has 0 spiro atoms. The van der Waals surface area contributed by atoms with Gasteiger partial charge in [0.1, 0.15) is 0 Å². The highest BCUT2D eigenvalue weighted by atomic mass is 32.1. The zero-order valence-corrected chi connectivity index (χ0v) is 17.3. The van der Waals surface area contributed by atoms with E-state index in [1.807, 2.05) is 6.07 Å². The molecule has 1 heterocycles. The van der Waals surface area contributed by atoms with Crippen molar-refractivity contribution in [1.29, 1.82) is 0 Å². The molecule has 0 aliphatic heterocycles. The number of hydrogen-bond donors (Lipinski definition) is 3. The van der Waals surface area contributed by atoms with Crippen LogP contribution >= 0.6 is 12.2 Å². The van der Waals surface area contributed by atoms with Gasteiger partial charge in [0.2, 0.25) is 0 Å². The van der Waals surface area contributed by atoms with E-state index in [1.165, 1.54) is 22.1 Å². The SMILES string of the molecule is CCc1ccccc1NC(=S)NC[C@@H](c1ccccc1)c1c[nH]c2ccccc12. The Hall–Kier alpha value is -3.11. The van der Waals surface area contributed by atoms with Crippen molar-refractivity contribution in [1.82, 2.24) is 10.3 Å². The first-order valence-electron chi connectivity index (χ1n) is 10.00. The number of benzene rings is 3. The first-order chi connectivity index (χ1) is 14.3. The molecule has 146 valence electrons. The molecule has 0 unspecified atom stereocenters. The molecule has 4 heteroatoms. The molecule has 3 aromatic carbocycles. The zero-order valence-electron chi connectivity index (χ0n) is 16.5. The van der Waals surface area contributed by atoms with Crippen LogP contribution in [0.5, 0.6) is 0 Å². The van der Waals surface area contributed by atoms with Crippen LogP contribution in [0.25, 0.3) is 10.9 Å².